The zero-order chi connectivity index (χ0) is 19.6. The average Bonchev–Trinajstić information content (AvgIpc) is 2.82. The normalized spacial score (nSPS) is 27.6. The first-order valence-corrected chi connectivity index (χ1v) is 9.05. The number of aliphatic hydroxyl groups is 1. The summed E-state index contributed by atoms with van der Waals surface area (Å²) >= 11 is 0. The van der Waals surface area contributed by atoms with Crippen LogP contribution in [0.15, 0.2) is 18.2 Å². The average molecular weight is 377 g/mol. The van der Waals surface area contributed by atoms with Gasteiger partial charge in [-0.15, -0.1) is 0 Å². The zero-order valence-corrected chi connectivity index (χ0v) is 16.2. The maximum atomic E-state index is 12.2. The molecule has 0 aliphatic carbocycles. The monoisotopic (exact) mass is 377 g/mol. The van der Waals surface area contributed by atoms with Gasteiger partial charge in [-0.3, -0.25) is 4.90 Å². The van der Waals surface area contributed by atoms with Crippen molar-refractivity contribution in [1.82, 2.24) is 4.90 Å². The first-order chi connectivity index (χ1) is 13.0. The first-order valence-electron chi connectivity index (χ1n) is 9.05. The molecule has 4 atom stereocenters. The van der Waals surface area contributed by atoms with Gasteiger partial charge in [0.15, 0.2) is 11.5 Å². The van der Waals surface area contributed by atoms with E-state index in [4.69, 9.17) is 18.9 Å². The number of hydrogen-bond acceptors (Lipinski definition) is 7. The van der Waals surface area contributed by atoms with Gasteiger partial charge in [0.2, 0.25) is 5.75 Å². The summed E-state index contributed by atoms with van der Waals surface area (Å²) in [5.74, 6) is 1.14. The third kappa shape index (κ3) is 4.04. The molecule has 1 aromatic carbocycles. The molecular formula is C20H27NO6. The standard InChI is InChI=1S/C20H27NO6/c1-21-13-9-14(11-15(21)16(22)10-13)27-19(23)6-5-12-7-17(24-2)20(26-4)18(8-12)25-3/h5-8,13-16,22H,9-11H2,1-4H3. The fourth-order valence-electron chi connectivity index (χ4n) is 4.06. The predicted octanol–water partition coefficient (Wildman–Crippen LogP) is 1.86. The number of esters is 1. The third-order valence-electron chi connectivity index (χ3n) is 5.48. The Hall–Kier alpha value is -2.25. The van der Waals surface area contributed by atoms with Crippen LogP contribution < -0.4 is 14.2 Å². The minimum Gasteiger partial charge on any atom is -0.493 e. The third-order valence-corrected chi connectivity index (χ3v) is 5.48. The van der Waals surface area contributed by atoms with E-state index < -0.39 is 5.97 Å². The number of hydrogen-bond donors (Lipinski definition) is 1. The molecule has 2 fully saturated rings. The molecule has 3 rings (SSSR count). The minimum absolute atomic E-state index is 0.0700. The highest BCUT2D eigenvalue weighted by molar-refractivity contribution is 5.87. The maximum absolute atomic E-state index is 12.2. The van der Waals surface area contributed by atoms with Crippen molar-refractivity contribution in [2.24, 2.45) is 0 Å². The Balaban J connectivity index is 1.65. The van der Waals surface area contributed by atoms with Crippen LogP contribution in [0.4, 0.5) is 0 Å². The molecule has 0 amide bonds. The van der Waals surface area contributed by atoms with Gasteiger partial charge in [0.25, 0.3) is 0 Å². The molecule has 2 bridgehead atoms. The molecule has 2 aliphatic rings. The number of aliphatic hydroxyl groups excluding tert-OH is 1. The van der Waals surface area contributed by atoms with Crippen LogP contribution in [0.5, 0.6) is 17.2 Å². The Labute approximate surface area is 159 Å². The Morgan fingerprint density at radius 3 is 2.33 bits per heavy atom. The zero-order valence-electron chi connectivity index (χ0n) is 16.2. The molecule has 1 aromatic rings. The lowest BCUT2D eigenvalue weighted by molar-refractivity contribution is -0.146. The Morgan fingerprint density at radius 1 is 1.11 bits per heavy atom. The second kappa shape index (κ2) is 8.19. The Morgan fingerprint density at radius 2 is 1.78 bits per heavy atom. The van der Waals surface area contributed by atoms with Crippen LogP contribution in [0, 0.1) is 0 Å². The van der Waals surface area contributed by atoms with Crippen molar-refractivity contribution in [2.75, 3.05) is 28.4 Å². The quantitative estimate of drug-likeness (QED) is 0.599. The number of piperidine rings is 1. The lowest BCUT2D eigenvalue weighted by Crippen LogP contribution is -2.45. The SMILES string of the molecule is COc1cc(C=CC(=O)OC2CC3CC(O)C(C2)N3C)cc(OC)c1OC. The van der Waals surface area contributed by atoms with E-state index in [-0.39, 0.29) is 24.3 Å². The van der Waals surface area contributed by atoms with Gasteiger partial charge < -0.3 is 24.1 Å². The van der Waals surface area contributed by atoms with Gasteiger partial charge in [-0.05, 0) is 37.2 Å². The van der Waals surface area contributed by atoms with Gasteiger partial charge in [0.1, 0.15) is 6.10 Å². The number of fused-ring (bicyclic) bond motifs is 2. The number of ether oxygens (including phenoxy) is 4. The van der Waals surface area contributed by atoms with Gasteiger partial charge in [-0.25, -0.2) is 4.79 Å². The number of benzene rings is 1. The van der Waals surface area contributed by atoms with E-state index in [1.54, 1.807) is 39.5 Å². The molecule has 7 nitrogen and oxygen atoms in total. The van der Waals surface area contributed by atoms with Crippen molar-refractivity contribution in [3.63, 3.8) is 0 Å². The Bertz CT molecular complexity index is 693. The maximum Gasteiger partial charge on any atom is 0.331 e. The predicted molar refractivity (Wildman–Crippen MR) is 100 cm³/mol. The summed E-state index contributed by atoms with van der Waals surface area (Å²) in [6.07, 6.45) is 4.73. The van der Waals surface area contributed by atoms with Crippen LogP contribution in [0.2, 0.25) is 0 Å². The molecule has 7 heteroatoms. The molecule has 2 heterocycles. The Kier molecular flexibility index (Phi) is 5.92. The highest BCUT2D eigenvalue weighted by Crippen LogP contribution is 2.39. The summed E-state index contributed by atoms with van der Waals surface area (Å²) in [6, 6.07) is 3.87. The van der Waals surface area contributed by atoms with Crippen LogP contribution in [0.3, 0.4) is 0 Å². The summed E-state index contributed by atoms with van der Waals surface area (Å²) in [5.41, 5.74) is 0.736. The molecule has 27 heavy (non-hydrogen) atoms. The molecule has 1 N–H and O–H groups in total. The van der Waals surface area contributed by atoms with Crippen molar-refractivity contribution < 1.29 is 28.8 Å². The largest absolute Gasteiger partial charge is 0.493 e. The summed E-state index contributed by atoms with van der Waals surface area (Å²) < 4.78 is 21.5. The summed E-state index contributed by atoms with van der Waals surface area (Å²) in [7, 11) is 6.65. The summed E-state index contributed by atoms with van der Waals surface area (Å²) in [6.45, 7) is 0. The van der Waals surface area contributed by atoms with E-state index in [1.807, 2.05) is 7.05 Å². The van der Waals surface area contributed by atoms with E-state index >= 15 is 0 Å². The second-order valence-corrected chi connectivity index (χ2v) is 7.01. The van der Waals surface area contributed by atoms with Crippen LogP contribution in [-0.2, 0) is 9.53 Å². The lowest BCUT2D eigenvalue weighted by Gasteiger charge is -2.35. The molecule has 0 saturated carbocycles. The number of likely N-dealkylation sites (N-methyl/N-ethyl adjacent to an activating group) is 1. The summed E-state index contributed by atoms with van der Waals surface area (Å²) in [5, 5.41) is 10.1. The van der Waals surface area contributed by atoms with Crippen LogP contribution in [0.1, 0.15) is 24.8 Å². The molecule has 148 valence electrons. The van der Waals surface area contributed by atoms with Gasteiger partial charge in [0.05, 0.1) is 27.4 Å². The van der Waals surface area contributed by atoms with Gasteiger partial charge in [-0.1, -0.05) is 0 Å². The van der Waals surface area contributed by atoms with E-state index in [9.17, 15) is 9.90 Å². The van der Waals surface area contributed by atoms with E-state index in [0.29, 0.717) is 23.7 Å². The molecule has 0 radical (unpaired) electrons. The molecule has 2 aliphatic heterocycles. The van der Waals surface area contributed by atoms with Crippen LogP contribution >= 0.6 is 0 Å². The first kappa shape index (κ1) is 19.5. The number of methoxy groups -OCH3 is 3. The molecule has 2 saturated heterocycles. The van der Waals surface area contributed by atoms with E-state index in [1.165, 1.54) is 6.08 Å². The van der Waals surface area contributed by atoms with Gasteiger partial charge in [0, 0.05) is 31.0 Å². The molecule has 0 aromatic heterocycles. The molecule has 4 unspecified atom stereocenters. The topological polar surface area (TPSA) is 77.5 Å². The van der Waals surface area contributed by atoms with E-state index in [2.05, 4.69) is 4.90 Å². The number of nitrogens with zero attached hydrogens (tertiary/aromatic N) is 1. The van der Waals surface area contributed by atoms with Crippen molar-refractivity contribution in [3.05, 3.63) is 23.8 Å². The fraction of sp³-hybridized carbons (Fsp3) is 0.550. The van der Waals surface area contributed by atoms with E-state index in [0.717, 1.165) is 18.4 Å². The number of carbonyl (C=O) groups is 1. The fourth-order valence-corrected chi connectivity index (χ4v) is 4.06. The van der Waals surface area contributed by atoms with Crippen LogP contribution in [0.25, 0.3) is 6.08 Å². The summed E-state index contributed by atoms with van der Waals surface area (Å²) in [4.78, 5) is 14.4. The highest BCUT2D eigenvalue weighted by Gasteiger charge is 2.45. The van der Waals surface area contributed by atoms with Crippen LogP contribution in [-0.4, -0.2) is 68.6 Å². The van der Waals surface area contributed by atoms with Crippen molar-refractivity contribution in [1.29, 1.82) is 0 Å². The number of rotatable bonds is 6. The highest BCUT2D eigenvalue weighted by atomic mass is 16.5. The van der Waals surface area contributed by atoms with Crippen molar-refractivity contribution in [3.8, 4) is 17.2 Å². The second-order valence-electron chi connectivity index (χ2n) is 7.01. The van der Waals surface area contributed by atoms with Crippen molar-refractivity contribution >= 4 is 12.0 Å². The number of carbonyl (C=O) groups excluding carboxylic acids is 1. The molecular weight excluding hydrogens is 350 g/mol. The lowest BCUT2D eigenvalue weighted by atomic mass is 10.0. The minimum atomic E-state index is -0.396. The smallest absolute Gasteiger partial charge is 0.331 e. The molecule has 0 spiro atoms. The van der Waals surface area contributed by atoms with Gasteiger partial charge >= 0.3 is 5.97 Å². The van der Waals surface area contributed by atoms with Gasteiger partial charge in [-0.2, -0.15) is 0 Å². The van der Waals surface area contributed by atoms with Crippen molar-refractivity contribution in [2.45, 2.75) is 43.6 Å².